The molecule has 0 saturated heterocycles. The van der Waals surface area contributed by atoms with E-state index in [2.05, 4.69) is 5.32 Å². The van der Waals surface area contributed by atoms with Crippen LogP contribution in [0.1, 0.15) is 18.1 Å². The van der Waals surface area contributed by atoms with E-state index in [9.17, 15) is 26.4 Å². The third-order valence-corrected chi connectivity index (χ3v) is 5.04. The Kier molecular flexibility index (Phi) is 5.84. The maximum absolute atomic E-state index is 12.8. The summed E-state index contributed by atoms with van der Waals surface area (Å²) in [5.41, 5.74) is 0.113. The van der Waals surface area contributed by atoms with E-state index in [-0.39, 0.29) is 5.69 Å². The van der Waals surface area contributed by atoms with Crippen LogP contribution in [0.5, 0.6) is 0 Å². The number of amides is 1. The highest BCUT2D eigenvalue weighted by Crippen LogP contribution is 2.31. The SMILES string of the molecule is Cc1cccc(N(C(C)C(=O)Nc2cccc(C(F)(F)F)c2)S(C)(=O)=O)c1. The molecule has 2 rings (SSSR count). The summed E-state index contributed by atoms with van der Waals surface area (Å²) < 4.78 is 63.8. The molecule has 0 radical (unpaired) electrons. The highest BCUT2D eigenvalue weighted by atomic mass is 32.2. The lowest BCUT2D eigenvalue weighted by Crippen LogP contribution is -2.45. The number of aryl methyl sites for hydroxylation is 1. The second-order valence-electron chi connectivity index (χ2n) is 6.14. The van der Waals surface area contributed by atoms with Gasteiger partial charge in [-0.3, -0.25) is 9.10 Å². The average molecular weight is 400 g/mol. The standard InChI is InChI=1S/C18H19F3N2O3S/c1-12-6-4-9-16(10-12)23(27(3,25)26)13(2)17(24)22-15-8-5-7-14(11-15)18(19,20)21/h4-11,13H,1-3H3,(H,22,24). The van der Waals surface area contributed by atoms with Crippen molar-refractivity contribution in [2.24, 2.45) is 0 Å². The largest absolute Gasteiger partial charge is 0.416 e. The monoisotopic (exact) mass is 400 g/mol. The zero-order chi connectivity index (χ0) is 20.4. The van der Waals surface area contributed by atoms with Crippen LogP contribution in [0.3, 0.4) is 0 Å². The first-order valence-electron chi connectivity index (χ1n) is 7.94. The van der Waals surface area contributed by atoms with E-state index in [1.807, 2.05) is 0 Å². The maximum Gasteiger partial charge on any atom is 0.416 e. The van der Waals surface area contributed by atoms with E-state index in [1.165, 1.54) is 13.0 Å². The fourth-order valence-electron chi connectivity index (χ4n) is 2.59. The first-order chi connectivity index (χ1) is 12.4. The molecule has 0 spiro atoms. The van der Waals surface area contributed by atoms with Crippen molar-refractivity contribution in [1.82, 2.24) is 0 Å². The Morgan fingerprint density at radius 3 is 2.30 bits per heavy atom. The van der Waals surface area contributed by atoms with Crippen molar-refractivity contribution in [2.75, 3.05) is 15.9 Å². The van der Waals surface area contributed by atoms with Crippen molar-refractivity contribution in [2.45, 2.75) is 26.1 Å². The van der Waals surface area contributed by atoms with Gasteiger partial charge in [-0.15, -0.1) is 0 Å². The van der Waals surface area contributed by atoms with E-state index in [4.69, 9.17) is 0 Å². The number of carbonyl (C=O) groups excluding carboxylic acids is 1. The van der Waals surface area contributed by atoms with Crippen molar-refractivity contribution >= 4 is 27.3 Å². The summed E-state index contributed by atoms with van der Waals surface area (Å²) in [6.45, 7) is 3.14. The Morgan fingerprint density at radius 2 is 1.74 bits per heavy atom. The van der Waals surface area contributed by atoms with Gasteiger partial charge in [0, 0.05) is 5.69 Å². The van der Waals surface area contributed by atoms with E-state index >= 15 is 0 Å². The molecule has 2 aromatic rings. The van der Waals surface area contributed by atoms with Gasteiger partial charge in [0.05, 0.1) is 17.5 Å². The van der Waals surface area contributed by atoms with Crippen LogP contribution in [0, 0.1) is 6.92 Å². The highest BCUT2D eigenvalue weighted by Gasteiger charge is 2.32. The quantitative estimate of drug-likeness (QED) is 0.830. The summed E-state index contributed by atoms with van der Waals surface area (Å²) in [6, 6.07) is 9.55. The zero-order valence-electron chi connectivity index (χ0n) is 14.9. The lowest BCUT2D eigenvalue weighted by Gasteiger charge is -2.28. The normalized spacial score (nSPS) is 13.1. The molecule has 5 nitrogen and oxygen atoms in total. The topological polar surface area (TPSA) is 66.5 Å². The molecule has 0 aliphatic rings. The number of halogens is 3. The van der Waals surface area contributed by atoms with Crippen molar-refractivity contribution in [3.63, 3.8) is 0 Å². The molecule has 0 aliphatic carbocycles. The lowest BCUT2D eigenvalue weighted by atomic mass is 10.1. The number of rotatable bonds is 5. The van der Waals surface area contributed by atoms with Crippen LogP contribution in [0.25, 0.3) is 0 Å². The minimum absolute atomic E-state index is 0.0700. The Balaban J connectivity index is 2.31. The van der Waals surface area contributed by atoms with Gasteiger partial charge < -0.3 is 5.32 Å². The predicted molar refractivity (Wildman–Crippen MR) is 98.0 cm³/mol. The second kappa shape index (κ2) is 7.59. The van der Waals surface area contributed by atoms with Crippen LogP contribution in [-0.4, -0.2) is 26.6 Å². The van der Waals surface area contributed by atoms with Crippen LogP contribution in [-0.2, 0) is 21.0 Å². The fraction of sp³-hybridized carbons (Fsp3) is 0.278. The maximum atomic E-state index is 12.8. The van der Waals surface area contributed by atoms with Gasteiger partial charge in [0.1, 0.15) is 6.04 Å². The molecule has 0 fully saturated rings. The molecule has 9 heteroatoms. The van der Waals surface area contributed by atoms with E-state index in [1.54, 1.807) is 31.2 Å². The zero-order valence-corrected chi connectivity index (χ0v) is 15.7. The molecule has 1 N–H and O–H groups in total. The van der Waals surface area contributed by atoms with Gasteiger partial charge in [-0.05, 0) is 49.7 Å². The Morgan fingerprint density at radius 1 is 1.11 bits per heavy atom. The number of hydrogen-bond acceptors (Lipinski definition) is 3. The number of anilines is 2. The summed E-state index contributed by atoms with van der Waals surface area (Å²) in [5.74, 6) is -0.749. The summed E-state index contributed by atoms with van der Waals surface area (Å²) in [5, 5.41) is 2.35. The molecular formula is C18H19F3N2O3S. The van der Waals surface area contributed by atoms with Gasteiger partial charge in [-0.1, -0.05) is 18.2 Å². The number of carbonyl (C=O) groups is 1. The van der Waals surface area contributed by atoms with Gasteiger partial charge in [-0.25, -0.2) is 8.42 Å². The molecule has 1 amide bonds. The number of hydrogen-bond donors (Lipinski definition) is 1. The van der Waals surface area contributed by atoms with Crippen molar-refractivity contribution in [1.29, 1.82) is 0 Å². The Bertz CT molecular complexity index is 943. The number of nitrogens with zero attached hydrogens (tertiary/aromatic N) is 1. The first kappa shape index (κ1) is 20.8. The van der Waals surface area contributed by atoms with Crippen LogP contribution in [0.15, 0.2) is 48.5 Å². The van der Waals surface area contributed by atoms with E-state index in [0.717, 1.165) is 34.3 Å². The molecule has 2 aromatic carbocycles. The summed E-state index contributed by atoms with van der Waals surface area (Å²) >= 11 is 0. The van der Waals surface area contributed by atoms with E-state index in [0.29, 0.717) is 5.69 Å². The minimum Gasteiger partial charge on any atom is -0.324 e. The summed E-state index contributed by atoms with van der Waals surface area (Å²) in [4.78, 5) is 12.5. The highest BCUT2D eigenvalue weighted by molar-refractivity contribution is 7.92. The predicted octanol–water partition coefficient (Wildman–Crippen LogP) is 3.81. The number of benzene rings is 2. The van der Waals surface area contributed by atoms with Crippen LogP contribution >= 0.6 is 0 Å². The smallest absolute Gasteiger partial charge is 0.324 e. The molecule has 0 bridgehead atoms. The molecule has 1 atom stereocenters. The summed E-state index contributed by atoms with van der Waals surface area (Å²) in [7, 11) is -3.81. The van der Waals surface area contributed by atoms with Crippen molar-refractivity contribution < 1.29 is 26.4 Å². The van der Waals surface area contributed by atoms with Crippen molar-refractivity contribution in [3.05, 3.63) is 59.7 Å². The molecule has 1 unspecified atom stereocenters. The van der Waals surface area contributed by atoms with Crippen molar-refractivity contribution in [3.8, 4) is 0 Å². The molecule has 0 heterocycles. The average Bonchev–Trinajstić information content (AvgIpc) is 2.53. The number of sulfonamides is 1. The Hall–Kier alpha value is -2.55. The van der Waals surface area contributed by atoms with Gasteiger partial charge in [0.25, 0.3) is 0 Å². The van der Waals surface area contributed by atoms with Gasteiger partial charge in [0.15, 0.2) is 0 Å². The summed E-state index contributed by atoms with van der Waals surface area (Å²) in [6.07, 6.45) is -3.59. The number of alkyl halides is 3. The molecule has 146 valence electrons. The van der Waals surface area contributed by atoms with Crippen LogP contribution in [0.4, 0.5) is 24.5 Å². The molecule has 0 aromatic heterocycles. The van der Waals surface area contributed by atoms with E-state index < -0.39 is 33.7 Å². The van der Waals surface area contributed by atoms with Crippen LogP contribution < -0.4 is 9.62 Å². The molecular weight excluding hydrogens is 381 g/mol. The minimum atomic E-state index is -4.55. The third kappa shape index (κ3) is 5.22. The third-order valence-electron chi connectivity index (χ3n) is 3.80. The lowest BCUT2D eigenvalue weighted by molar-refractivity contribution is -0.137. The van der Waals surface area contributed by atoms with Gasteiger partial charge >= 0.3 is 6.18 Å². The molecule has 0 saturated carbocycles. The second-order valence-corrected chi connectivity index (χ2v) is 8.00. The first-order valence-corrected chi connectivity index (χ1v) is 9.78. The Labute approximate surface area is 155 Å². The van der Waals surface area contributed by atoms with Crippen LogP contribution in [0.2, 0.25) is 0 Å². The fourth-order valence-corrected chi connectivity index (χ4v) is 3.76. The molecule has 27 heavy (non-hydrogen) atoms. The van der Waals surface area contributed by atoms with Gasteiger partial charge in [0.2, 0.25) is 15.9 Å². The number of nitrogens with one attached hydrogen (secondary N) is 1. The van der Waals surface area contributed by atoms with Gasteiger partial charge in [-0.2, -0.15) is 13.2 Å². The molecule has 0 aliphatic heterocycles.